The number of hydrogen-bond acceptors (Lipinski definition) is 8. The van der Waals surface area contributed by atoms with Crippen LogP contribution in [0.15, 0.2) is 48.2 Å². The van der Waals surface area contributed by atoms with Gasteiger partial charge in [0.25, 0.3) is 11.6 Å². The highest BCUT2D eigenvalue weighted by Gasteiger charge is 2.35. The fourth-order valence-electron chi connectivity index (χ4n) is 2.89. The van der Waals surface area contributed by atoms with Crippen molar-refractivity contribution in [2.75, 3.05) is 20.8 Å². The van der Waals surface area contributed by atoms with Crippen LogP contribution in [-0.4, -0.2) is 48.5 Å². The van der Waals surface area contributed by atoms with Crippen LogP contribution in [0.1, 0.15) is 11.1 Å². The van der Waals surface area contributed by atoms with Crippen molar-refractivity contribution in [3.63, 3.8) is 0 Å². The van der Waals surface area contributed by atoms with Crippen LogP contribution < -0.4 is 14.8 Å². The van der Waals surface area contributed by atoms with E-state index in [9.17, 15) is 24.5 Å². The van der Waals surface area contributed by atoms with Gasteiger partial charge in [-0.2, -0.15) is 0 Å². The van der Waals surface area contributed by atoms with Crippen LogP contribution in [0.4, 0.5) is 10.5 Å². The molecule has 1 aliphatic rings. The van der Waals surface area contributed by atoms with Gasteiger partial charge in [0.2, 0.25) is 0 Å². The number of nitro benzene ring substituents is 1. The minimum Gasteiger partial charge on any atom is -0.493 e. The van der Waals surface area contributed by atoms with Gasteiger partial charge in [-0.25, -0.2) is 9.69 Å². The van der Waals surface area contributed by atoms with Crippen LogP contribution in [0, 0.1) is 10.1 Å². The van der Waals surface area contributed by atoms with Crippen LogP contribution >= 0.6 is 0 Å². The first-order valence-electron chi connectivity index (χ1n) is 9.28. The summed E-state index contributed by atoms with van der Waals surface area (Å²) in [4.78, 5) is 46.9. The molecule has 0 atom stereocenters. The van der Waals surface area contributed by atoms with E-state index in [0.29, 0.717) is 22.6 Å². The van der Waals surface area contributed by atoms with Crippen LogP contribution in [0.2, 0.25) is 0 Å². The summed E-state index contributed by atoms with van der Waals surface area (Å²) < 4.78 is 15.5. The average Bonchev–Trinajstić information content (AvgIpc) is 3.05. The molecule has 0 saturated carbocycles. The molecule has 1 aliphatic heterocycles. The number of rotatable bonds is 8. The molecular formula is C21H19N3O8. The zero-order chi connectivity index (χ0) is 23.3. The molecule has 32 heavy (non-hydrogen) atoms. The van der Waals surface area contributed by atoms with Crippen LogP contribution in [-0.2, 0) is 20.9 Å². The van der Waals surface area contributed by atoms with Gasteiger partial charge in [-0.05, 0) is 29.3 Å². The lowest BCUT2D eigenvalue weighted by Gasteiger charge is -2.11. The van der Waals surface area contributed by atoms with Gasteiger partial charge >= 0.3 is 12.0 Å². The second-order valence-corrected chi connectivity index (χ2v) is 6.58. The van der Waals surface area contributed by atoms with Crippen molar-refractivity contribution < 1.29 is 33.5 Å². The van der Waals surface area contributed by atoms with Crippen molar-refractivity contribution in [2.45, 2.75) is 6.61 Å². The molecule has 1 fully saturated rings. The maximum atomic E-state index is 12.4. The number of hydrogen-bond donors (Lipinski definition) is 1. The number of carbonyl (C=O) groups excluding carboxylic acids is 3. The predicted molar refractivity (Wildman–Crippen MR) is 111 cm³/mol. The SMILES string of the molecule is COC(=O)CN1C(=O)N/C(=C/c2ccc(OCc3cccc([N+](=O)[O-])c3)c(OC)c2)C1=O. The van der Waals surface area contributed by atoms with E-state index in [1.165, 1.54) is 25.3 Å². The fraction of sp³-hybridized carbons (Fsp3) is 0.190. The molecule has 11 heteroatoms. The lowest BCUT2D eigenvalue weighted by atomic mass is 10.1. The number of methoxy groups -OCH3 is 2. The summed E-state index contributed by atoms with van der Waals surface area (Å²) in [5.74, 6) is -0.643. The molecule has 0 aliphatic carbocycles. The third-order valence-corrected chi connectivity index (χ3v) is 4.49. The first kappa shape index (κ1) is 22.3. The fourth-order valence-corrected chi connectivity index (χ4v) is 2.89. The number of benzene rings is 2. The molecule has 1 N–H and O–H groups in total. The topological polar surface area (TPSA) is 137 Å². The highest BCUT2D eigenvalue weighted by atomic mass is 16.6. The molecule has 0 spiro atoms. The Kier molecular flexibility index (Phi) is 6.68. The molecule has 0 bridgehead atoms. The second kappa shape index (κ2) is 9.60. The summed E-state index contributed by atoms with van der Waals surface area (Å²) in [6.45, 7) is -0.415. The van der Waals surface area contributed by atoms with E-state index in [0.717, 1.165) is 12.0 Å². The largest absolute Gasteiger partial charge is 0.493 e. The van der Waals surface area contributed by atoms with Gasteiger partial charge in [-0.1, -0.05) is 18.2 Å². The van der Waals surface area contributed by atoms with Crippen molar-refractivity contribution in [1.82, 2.24) is 10.2 Å². The number of carbonyl (C=O) groups is 3. The number of amides is 3. The molecule has 0 radical (unpaired) electrons. The maximum Gasteiger partial charge on any atom is 0.329 e. The third kappa shape index (κ3) is 5.01. The summed E-state index contributed by atoms with van der Waals surface area (Å²) in [5, 5.41) is 13.3. The van der Waals surface area contributed by atoms with Gasteiger partial charge in [0.1, 0.15) is 18.8 Å². The predicted octanol–water partition coefficient (Wildman–Crippen LogP) is 2.25. The van der Waals surface area contributed by atoms with E-state index in [-0.39, 0.29) is 18.0 Å². The molecule has 2 aromatic rings. The van der Waals surface area contributed by atoms with Gasteiger partial charge in [0, 0.05) is 12.1 Å². The van der Waals surface area contributed by atoms with Gasteiger partial charge in [-0.15, -0.1) is 0 Å². The number of ether oxygens (including phenoxy) is 3. The monoisotopic (exact) mass is 441 g/mol. The van der Waals surface area contributed by atoms with Gasteiger partial charge in [-0.3, -0.25) is 19.7 Å². The normalized spacial score (nSPS) is 14.3. The minimum atomic E-state index is -0.726. The standard InChI is InChI=1S/C21H19N3O8/c1-30-18-10-13(9-16-20(26)23(21(27)22-16)11-19(25)31-2)6-7-17(18)32-12-14-4-3-5-15(8-14)24(28)29/h3-10H,11-12H2,1-2H3,(H,22,27)/b16-9+. The van der Waals surface area contributed by atoms with E-state index >= 15 is 0 Å². The second-order valence-electron chi connectivity index (χ2n) is 6.58. The Bertz CT molecular complexity index is 1110. The molecular weight excluding hydrogens is 422 g/mol. The summed E-state index contributed by atoms with van der Waals surface area (Å²) in [5.41, 5.74) is 1.10. The molecule has 1 heterocycles. The Morgan fingerprint density at radius 3 is 2.62 bits per heavy atom. The molecule has 166 valence electrons. The van der Waals surface area contributed by atoms with Crippen molar-refractivity contribution in [2.24, 2.45) is 0 Å². The van der Waals surface area contributed by atoms with Gasteiger partial charge < -0.3 is 19.5 Å². The zero-order valence-corrected chi connectivity index (χ0v) is 17.2. The number of nitrogens with one attached hydrogen (secondary N) is 1. The van der Waals surface area contributed by atoms with Crippen molar-refractivity contribution >= 4 is 29.7 Å². The number of urea groups is 1. The Morgan fingerprint density at radius 2 is 1.94 bits per heavy atom. The number of imide groups is 1. The summed E-state index contributed by atoms with van der Waals surface area (Å²) in [6.07, 6.45) is 1.43. The summed E-state index contributed by atoms with van der Waals surface area (Å²) in [6, 6.07) is 10.2. The molecule has 11 nitrogen and oxygen atoms in total. The van der Waals surface area contributed by atoms with Crippen LogP contribution in [0.3, 0.4) is 0 Å². The zero-order valence-electron chi connectivity index (χ0n) is 17.2. The van der Waals surface area contributed by atoms with Crippen molar-refractivity contribution in [3.8, 4) is 11.5 Å². The molecule has 3 rings (SSSR count). The van der Waals surface area contributed by atoms with E-state index in [1.807, 2.05) is 0 Å². The van der Waals surface area contributed by atoms with Crippen LogP contribution in [0.5, 0.6) is 11.5 Å². The molecule has 3 amide bonds. The average molecular weight is 441 g/mol. The summed E-state index contributed by atoms with van der Waals surface area (Å²) >= 11 is 0. The smallest absolute Gasteiger partial charge is 0.329 e. The van der Waals surface area contributed by atoms with E-state index < -0.39 is 29.4 Å². The number of nitrogens with zero attached hydrogens (tertiary/aromatic N) is 2. The summed E-state index contributed by atoms with van der Waals surface area (Å²) in [7, 11) is 2.60. The lowest BCUT2D eigenvalue weighted by Crippen LogP contribution is -2.36. The van der Waals surface area contributed by atoms with E-state index in [4.69, 9.17) is 9.47 Å². The molecule has 0 unspecified atom stereocenters. The third-order valence-electron chi connectivity index (χ3n) is 4.49. The first-order valence-corrected chi connectivity index (χ1v) is 9.28. The van der Waals surface area contributed by atoms with Crippen molar-refractivity contribution in [1.29, 1.82) is 0 Å². The number of esters is 1. The first-order chi connectivity index (χ1) is 15.3. The highest BCUT2D eigenvalue weighted by molar-refractivity contribution is 6.15. The maximum absolute atomic E-state index is 12.4. The molecule has 2 aromatic carbocycles. The molecule has 1 saturated heterocycles. The van der Waals surface area contributed by atoms with Crippen LogP contribution in [0.25, 0.3) is 6.08 Å². The van der Waals surface area contributed by atoms with Gasteiger partial charge in [0.05, 0.1) is 19.1 Å². The quantitative estimate of drug-likeness (QED) is 0.216. The molecule has 0 aromatic heterocycles. The lowest BCUT2D eigenvalue weighted by molar-refractivity contribution is -0.384. The number of non-ortho nitro benzene ring substituents is 1. The Labute approximate surface area is 182 Å². The van der Waals surface area contributed by atoms with Crippen molar-refractivity contribution in [3.05, 3.63) is 69.4 Å². The number of nitro groups is 1. The Balaban J connectivity index is 1.75. The minimum absolute atomic E-state index is 0.00813. The van der Waals surface area contributed by atoms with E-state index in [2.05, 4.69) is 10.1 Å². The van der Waals surface area contributed by atoms with Gasteiger partial charge in [0.15, 0.2) is 11.5 Å². The van der Waals surface area contributed by atoms with E-state index in [1.54, 1.807) is 30.3 Å². The Morgan fingerprint density at radius 1 is 1.16 bits per heavy atom. The highest BCUT2D eigenvalue weighted by Crippen LogP contribution is 2.30. The Hall–Kier alpha value is -4.41.